The summed E-state index contributed by atoms with van der Waals surface area (Å²) in [5.41, 5.74) is 1.48. The van der Waals surface area contributed by atoms with Gasteiger partial charge in [0.25, 0.3) is 0 Å². The van der Waals surface area contributed by atoms with Gasteiger partial charge in [-0.1, -0.05) is 54.9 Å². The van der Waals surface area contributed by atoms with Crippen molar-refractivity contribution in [1.29, 1.82) is 0 Å². The molecule has 0 spiro atoms. The average molecular weight is 338 g/mol. The fourth-order valence-corrected chi connectivity index (χ4v) is 2.63. The molecule has 2 nitrogen and oxygen atoms in total. The molecule has 0 aromatic heterocycles. The van der Waals surface area contributed by atoms with Gasteiger partial charge in [0.05, 0.1) is 0 Å². The van der Waals surface area contributed by atoms with E-state index in [0.29, 0.717) is 12.0 Å². The molecule has 2 unspecified atom stereocenters. The SMILES string of the molecule is CC.CCCC(C)N(C(=O)C(C)C(C)C)c1ccc(F)c(CC)c1. The van der Waals surface area contributed by atoms with Gasteiger partial charge in [-0.3, -0.25) is 4.79 Å². The van der Waals surface area contributed by atoms with Gasteiger partial charge in [-0.2, -0.15) is 0 Å². The van der Waals surface area contributed by atoms with Gasteiger partial charge in [-0.25, -0.2) is 4.39 Å². The van der Waals surface area contributed by atoms with E-state index < -0.39 is 0 Å². The zero-order chi connectivity index (χ0) is 18.9. The van der Waals surface area contributed by atoms with E-state index in [9.17, 15) is 9.18 Å². The molecule has 1 aromatic carbocycles. The number of carbonyl (C=O) groups is 1. The zero-order valence-electron chi connectivity index (χ0n) is 16.8. The summed E-state index contributed by atoms with van der Waals surface area (Å²) in [6.45, 7) is 16.2. The molecule has 0 aliphatic carbocycles. The molecule has 138 valence electrons. The van der Waals surface area contributed by atoms with Gasteiger partial charge in [0.2, 0.25) is 5.91 Å². The van der Waals surface area contributed by atoms with Crippen LogP contribution in [-0.2, 0) is 11.2 Å². The molecule has 1 rings (SSSR count). The molecule has 0 saturated carbocycles. The molecule has 0 heterocycles. The van der Waals surface area contributed by atoms with Crippen molar-refractivity contribution in [2.24, 2.45) is 11.8 Å². The van der Waals surface area contributed by atoms with Crippen molar-refractivity contribution in [2.75, 3.05) is 4.90 Å². The van der Waals surface area contributed by atoms with E-state index in [2.05, 4.69) is 27.7 Å². The zero-order valence-corrected chi connectivity index (χ0v) is 16.8. The second-order valence-corrected chi connectivity index (χ2v) is 6.51. The van der Waals surface area contributed by atoms with E-state index >= 15 is 0 Å². The van der Waals surface area contributed by atoms with Gasteiger partial charge < -0.3 is 4.90 Å². The van der Waals surface area contributed by atoms with Gasteiger partial charge in [0.15, 0.2) is 0 Å². The third kappa shape index (κ3) is 5.92. The Morgan fingerprint density at radius 2 is 1.71 bits per heavy atom. The molecule has 0 aliphatic heterocycles. The van der Waals surface area contributed by atoms with Crippen LogP contribution < -0.4 is 4.90 Å². The summed E-state index contributed by atoms with van der Waals surface area (Å²) in [5.74, 6) is 0.174. The molecule has 1 amide bonds. The van der Waals surface area contributed by atoms with Crippen LogP contribution >= 0.6 is 0 Å². The summed E-state index contributed by atoms with van der Waals surface area (Å²) in [5, 5.41) is 0. The van der Waals surface area contributed by atoms with Crippen molar-refractivity contribution < 1.29 is 9.18 Å². The molecule has 0 radical (unpaired) electrons. The Morgan fingerprint density at radius 1 is 1.12 bits per heavy atom. The smallest absolute Gasteiger partial charge is 0.230 e. The molecule has 0 aliphatic rings. The largest absolute Gasteiger partial charge is 0.309 e. The van der Waals surface area contributed by atoms with Gasteiger partial charge in [-0.15, -0.1) is 0 Å². The molecule has 2 atom stereocenters. The summed E-state index contributed by atoms with van der Waals surface area (Å²) in [4.78, 5) is 14.8. The van der Waals surface area contributed by atoms with E-state index in [0.717, 1.165) is 18.5 Å². The maximum Gasteiger partial charge on any atom is 0.230 e. The number of hydrogen-bond acceptors (Lipinski definition) is 1. The second kappa shape index (κ2) is 11.2. The Balaban J connectivity index is 0.00000254. The quantitative estimate of drug-likeness (QED) is 0.577. The first-order valence-electron chi connectivity index (χ1n) is 9.44. The van der Waals surface area contributed by atoms with Crippen molar-refractivity contribution in [1.82, 2.24) is 0 Å². The lowest BCUT2D eigenvalue weighted by molar-refractivity contribution is -0.123. The average Bonchev–Trinajstić information content (AvgIpc) is 2.57. The van der Waals surface area contributed by atoms with E-state index in [1.54, 1.807) is 6.07 Å². The fraction of sp³-hybridized carbons (Fsp3) is 0.667. The second-order valence-electron chi connectivity index (χ2n) is 6.51. The minimum absolute atomic E-state index is 0.0468. The lowest BCUT2D eigenvalue weighted by Gasteiger charge is -2.33. The number of halogens is 1. The summed E-state index contributed by atoms with van der Waals surface area (Å²) >= 11 is 0. The number of nitrogens with zero attached hydrogens (tertiary/aromatic N) is 1. The van der Waals surface area contributed by atoms with Crippen molar-refractivity contribution in [3.8, 4) is 0 Å². The standard InChI is InChI=1S/C19H30FNO.C2H6/c1-7-9-14(5)21(19(22)15(6)13(3)4)17-10-11-18(20)16(8-2)12-17;1-2/h10-15H,7-9H2,1-6H3;1-2H3. The number of rotatable bonds is 7. The van der Waals surface area contributed by atoms with Crippen LogP contribution in [0.3, 0.4) is 0 Å². The highest BCUT2D eigenvalue weighted by Gasteiger charge is 2.28. The Labute approximate surface area is 148 Å². The van der Waals surface area contributed by atoms with Crippen molar-refractivity contribution >= 4 is 11.6 Å². The lowest BCUT2D eigenvalue weighted by Crippen LogP contribution is -2.43. The third-order valence-electron chi connectivity index (χ3n) is 4.46. The topological polar surface area (TPSA) is 20.3 Å². The summed E-state index contributed by atoms with van der Waals surface area (Å²) in [7, 11) is 0. The molecule has 3 heteroatoms. The molecular formula is C21H36FNO. The molecular weight excluding hydrogens is 301 g/mol. The van der Waals surface area contributed by atoms with Gasteiger partial charge in [0.1, 0.15) is 5.82 Å². The van der Waals surface area contributed by atoms with Crippen LogP contribution in [0.4, 0.5) is 10.1 Å². The first-order chi connectivity index (χ1) is 11.3. The monoisotopic (exact) mass is 337 g/mol. The number of anilines is 1. The summed E-state index contributed by atoms with van der Waals surface area (Å²) in [6, 6.07) is 5.15. The van der Waals surface area contributed by atoms with Crippen molar-refractivity contribution in [3.63, 3.8) is 0 Å². The Hall–Kier alpha value is -1.38. The highest BCUT2D eigenvalue weighted by molar-refractivity contribution is 5.95. The maximum atomic E-state index is 13.8. The van der Waals surface area contributed by atoms with Crippen LogP contribution in [-0.4, -0.2) is 11.9 Å². The number of aryl methyl sites for hydroxylation is 1. The van der Waals surface area contributed by atoms with E-state index in [1.807, 2.05) is 38.7 Å². The van der Waals surface area contributed by atoms with Gasteiger partial charge in [-0.05, 0) is 49.4 Å². The lowest BCUT2D eigenvalue weighted by atomic mass is 9.95. The molecule has 0 saturated heterocycles. The molecule has 24 heavy (non-hydrogen) atoms. The van der Waals surface area contributed by atoms with Gasteiger partial charge >= 0.3 is 0 Å². The van der Waals surface area contributed by atoms with Crippen LogP contribution in [0.5, 0.6) is 0 Å². The summed E-state index contributed by atoms with van der Waals surface area (Å²) < 4.78 is 13.8. The maximum absolute atomic E-state index is 13.8. The van der Waals surface area contributed by atoms with Crippen LogP contribution in [0.1, 0.15) is 73.8 Å². The van der Waals surface area contributed by atoms with Gasteiger partial charge in [0, 0.05) is 17.6 Å². The van der Waals surface area contributed by atoms with Crippen LogP contribution in [0, 0.1) is 17.7 Å². The number of carbonyl (C=O) groups excluding carboxylic acids is 1. The van der Waals surface area contributed by atoms with Crippen molar-refractivity contribution in [2.45, 2.75) is 80.7 Å². The number of hydrogen-bond donors (Lipinski definition) is 0. The van der Waals surface area contributed by atoms with Crippen molar-refractivity contribution in [3.05, 3.63) is 29.6 Å². The number of amides is 1. The Bertz CT molecular complexity index is 499. The Morgan fingerprint density at radius 3 is 2.17 bits per heavy atom. The highest BCUT2D eigenvalue weighted by Crippen LogP contribution is 2.26. The van der Waals surface area contributed by atoms with Crippen LogP contribution in [0.15, 0.2) is 18.2 Å². The third-order valence-corrected chi connectivity index (χ3v) is 4.46. The highest BCUT2D eigenvalue weighted by atomic mass is 19.1. The van der Waals surface area contributed by atoms with E-state index in [-0.39, 0.29) is 29.6 Å². The minimum atomic E-state index is -0.196. The first kappa shape index (κ1) is 22.6. The fourth-order valence-electron chi connectivity index (χ4n) is 2.63. The molecule has 0 N–H and O–H groups in total. The normalized spacial score (nSPS) is 13.1. The Kier molecular flexibility index (Phi) is 10.6. The van der Waals surface area contributed by atoms with Crippen LogP contribution in [0.25, 0.3) is 0 Å². The van der Waals surface area contributed by atoms with E-state index in [4.69, 9.17) is 0 Å². The minimum Gasteiger partial charge on any atom is -0.309 e. The molecule has 0 bridgehead atoms. The molecule has 1 aromatic rings. The predicted molar refractivity (Wildman–Crippen MR) is 103 cm³/mol. The van der Waals surface area contributed by atoms with E-state index in [1.165, 1.54) is 6.07 Å². The summed E-state index contributed by atoms with van der Waals surface area (Å²) in [6.07, 6.45) is 2.59. The number of benzene rings is 1. The predicted octanol–water partition coefficient (Wildman–Crippen LogP) is 6.23. The van der Waals surface area contributed by atoms with Crippen LogP contribution in [0.2, 0.25) is 0 Å². The molecule has 0 fully saturated rings. The first-order valence-corrected chi connectivity index (χ1v) is 9.44.